The molecule has 2 radical (unpaired) electrons. The molecule has 1 aromatic carbocycles. The summed E-state index contributed by atoms with van der Waals surface area (Å²) in [6, 6.07) is 5.25. The molecule has 7 nitrogen and oxygen atoms in total. The SMILES string of the molecule is CNc1ccc(C(=O)N[C@@H](CCC(=O)O)C(=O)O)cc1.[Na].[Na]. The summed E-state index contributed by atoms with van der Waals surface area (Å²) < 4.78 is 0. The first-order chi connectivity index (χ1) is 9.43. The maximum Gasteiger partial charge on any atom is 0.326 e. The summed E-state index contributed by atoms with van der Waals surface area (Å²) in [6.45, 7) is 0. The van der Waals surface area contributed by atoms with Crippen molar-refractivity contribution >= 4 is 82.6 Å². The van der Waals surface area contributed by atoms with Crippen LogP contribution in [0.25, 0.3) is 0 Å². The fraction of sp³-hybridized carbons (Fsp3) is 0.308. The average molecular weight is 326 g/mol. The van der Waals surface area contributed by atoms with E-state index in [4.69, 9.17) is 10.2 Å². The predicted molar refractivity (Wildman–Crippen MR) is 83.3 cm³/mol. The number of aliphatic carboxylic acids is 2. The third-order valence-electron chi connectivity index (χ3n) is 2.69. The fourth-order valence-electron chi connectivity index (χ4n) is 1.56. The molecule has 0 aliphatic rings. The summed E-state index contributed by atoms with van der Waals surface area (Å²) in [7, 11) is 1.74. The molecule has 0 saturated carbocycles. The van der Waals surface area contributed by atoms with Crippen molar-refractivity contribution in [2.45, 2.75) is 18.9 Å². The number of nitrogens with one attached hydrogen (secondary N) is 2. The Morgan fingerprint density at radius 1 is 1.09 bits per heavy atom. The van der Waals surface area contributed by atoms with Crippen LogP contribution in [0.4, 0.5) is 5.69 Å². The van der Waals surface area contributed by atoms with Gasteiger partial charge >= 0.3 is 11.9 Å². The van der Waals surface area contributed by atoms with Crippen molar-refractivity contribution in [1.82, 2.24) is 5.32 Å². The molecule has 1 atom stereocenters. The standard InChI is InChI=1S/C13H16N2O5.2Na/c1-14-9-4-2-8(3-5-9)12(18)15-10(13(19)20)6-7-11(16)17;;/h2-5,10,14H,6-7H2,1H3,(H,15,18)(H,16,17)(H,19,20);;/t10-;;/m0../s1. The van der Waals surface area contributed by atoms with Crippen LogP contribution >= 0.6 is 0 Å². The van der Waals surface area contributed by atoms with Gasteiger partial charge < -0.3 is 20.8 Å². The number of hydrogen-bond acceptors (Lipinski definition) is 4. The van der Waals surface area contributed by atoms with Gasteiger partial charge in [0.15, 0.2) is 0 Å². The number of carboxylic acids is 2. The average Bonchev–Trinajstić information content (AvgIpc) is 2.42. The van der Waals surface area contributed by atoms with Crippen LogP contribution in [-0.4, -0.2) is 100 Å². The Bertz CT molecular complexity index is 508. The quantitative estimate of drug-likeness (QED) is 0.525. The van der Waals surface area contributed by atoms with E-state index in [9.17, 15) is 14.4 Å². The van der Waals surface area contributed by atoms with Crippen molar-refractivity contribution in [1.29, 1.82) is 0 Å². The number of benzene rings is 1. The van der Waals surface area contributed by atoms with Gasteiger partial charge in [0.05, 0.1) is 0 Å². The number of rotatable bonds is 7. The largest absolute Gasteiger partial charge is 0.481 e. The Hall–Kier alpha value is -0.570. The second-order valence-corrected chi connectivity index (χ2v) is 4.12. The number of anilines is 1. The van der Waals surface area contributed by atoms with Crippen LogP contribution < -0.4 is 10.6 Å². The Balaban J connectivity index is 0. The van der Waals surface area contributed by atoms with Crippen LogP contribution in [0, 0.1) is 0 Å². The number of carbonyl (C=O) groups excluding carboxylic acids is 1. The first kappa shape index (κ1) is 23.7. The summed E-state index contributed by atoms with van der Waals surface area (Å²) in [6.07, 6.45) is -0.485. The molecule has 0 fully saturated rings. The van der Waals surface area contributed by atoms with E-state index in [0.29, 0.717) is 5.56 Å². The molecule has 0 aromatic heterocycles. The topological polar surface area (TPSA) is 116 Å². The first-order valence-electron chi connectivity index (χ1n) is 5.97. The van der Waals surface area contributed by atoms with Gasteiger partial charge in [0.1, 0.15) is 6.04 Å². The van der Waals surface area contributed by atoms with E-state index in [1.165, 1.54) is 0 Å². The molecule has 9 heteroatoms. The Kier molecular flexibility index (Phi) is 12.8. The van der Waals surface area contributed by atoms with E-state index in [0.717, 1.165) is 5.69 Å². The minimum Gasteiger partial charge on any atom is -0.481 e. The van der Waals surface area contributed by atoms with Crippen LogP contribution in [-0.2, 0) is 9.59 Å². The molecule has 1 rings (SSSR count). The smallest absolute Gasteiger partial charge is 0.326 e. The predicted octanol–water partition coefficient (Wildman–Crippen LogP) is 0.0145. The van der Waals surface area contributed by atoms with E-state index in [1.807, 2.05) is 0 Å². The van der Waals surface area contributed by atoms with Crippen molar-refractivity contribution in [2.24, 2.45) is 0 Å². The van der Waals surface area contributed by atoms with Crippen LogP contribution in [0.15, 0.2) is 24.3 Å². The van der Waals surface area contributed by atoms with Crippen molar-refractivity contribution in [3.8, 4) is 0 Å². The van der Waals surface area contributed by atoms with E-state index in [2.05, 4.69) is 10.6 Å². The maximum atomic E-state index is 11.9. The molecule has 0 heterocycles. The molecule has 0 spiro atoms. The van der Waals surface area contributed by atoms with E-state index in [-0.39, 0.29) is 72.0 Å². The van der Waals surface area contributed by atoms with Crippen LogP contribution in [0.2, 0.25) is 0 Å². The molecule has 0 saturated heterocycles. The third kappa shape index (κ3) is 8.17. The number of carbonyl (C=O) groups is 3. The van der Waals surface area contributed by atoms with Crippen molar-refractivity contribution in [2.75, 3.05) is 12.4 Å². The van der Waals surface area contributed by atoms with Crippen molar-refractivity contribution in [3.63, 3.8) is 0 Å². The van der Waals surface area contributed by atoms with Crippen LogP contribution in [0.3, 0.4) is 0 Å². The Morgan fingerprint density at radius 2 is 1.64 bits per heavy atom. The van der Waals surface area contributed by atoms with Crippen LogP contribution in [0.5, 0.6) is 0 Å². The monoisotopic (exact) mass is 326 g/mol. The Morgan fingerprint density at radius 3 is 2.05 bits per heavy atom. The number of hydrogen-bond donors (Lipinski definition) is 4. The van der Waals surface area contributed by atoms with Gasteiger partial charge in [-0.1, -0.05) is 0 Å². The summed E-state index contributed by atoms with van der Waals surface area (Å²) in [5, 5.41) is 22.7. The molecule has 22 heavy (non-hydrogen) atoms. The zero-order valence-corrected chi connectivity index (χ0v) is 16.9. The zero-order valence-electron chi connectivity index (χ0n) is 12.9. The molecule has 110 valence electrons. The van der Waals surface area contributed by atoms with Gasteiger partial charge in [-0.15, -0.1) is 0 Å². The number of amides is 1. The molecule has 0 bridgehead atoms. The molecule has 0 aliphatic carbocycles. The van der Waals surface area contributed by atoms with Gasteiger partial charge in [-0.05, 0) is 30.7 Å². The van der Waals surface area contributed by atoms with E-state index < -0.39 is 23.9 Å². The van der Waals surface area contributed by atoms with E-state index in [1.54, 1.807) is 31.3 Å². The summed E-state index contributed by atoms with van der Waals surface area (Å²) in [5.74, 6) is -2.92. The minimum absolute atomic E-state index is 0. The van der Waals surface area contributed by atoms with Gasteiger partial charge in [0.2, 0.25) is 0 Å². The van der Waals surface area contributed by atoms with E-state index >= 15 is 0 Å². The second-order valence-electron chi connectivity index (χ2n) is 4.12. The van der Waals surface area contributed by atoms with Crippen molar-refractivity contribution < 1.29 is 24.6 Å². The minimum atomic E-state index is -1.26. The van der Waals surface area contributed by atoms with Gasteiger partial charge in [0, 0.05) is 83.8 Å². The maximum absolute atomic E-state index is 11.9. The summed E-state index contributed by atoms with van der Waals surface area (Å²) >= 11 is 0. The second kappa shape index (κ2) is 11.9. The molecule has 1 aromatic rings. The molecular formula is C13H16N2Na2O5. The zero-order chi connectivity index (χ0) is 15.1. The number of carboxylic acid groups (broad SMARTS) is 2. The first-order valence-corrected chi connectivity index (χ1v) is 5.97. The van der Waals surface area contributed by atoms with Gasteiger partial charge in [-0.2, -0.15) is 0 Å². The van der Waals surface area contributed by atoms with Gasteiger partial charge in [-0.25, -0.2) is 4.79 Å². The fourth-order valence-corrected chi connectivity index (χ4v) is 1.56. The molecule has 1 amide bonds. The molecule has 4 N–H and O–H groups in total. The van der Waals surface area contributed by atoms with Gasteiger partial charge in [-0.3, -0.25) is 9.59 Å². The van der Waals surface area contributed by atoms with Crippen LogP contribution in [0.1, 0.15) is 23.2 Å². The summed E-state index contributed by atoms with van der Waals surface area (Å²) in [4.78, 5) is 33.3. The molecule has 0 unspecified atom stereocenters. The summed E-state index contributed by atoms with van der Waals surface area (Å²) in [5.41, 5.74) is 1.13. The molecule has 0 aliphatic heterocycles. The molecular weight excluding hydrogens is 310 g/mol. The Labute approximate surface area is 172 Å². The third-order valence-corrected chi connectivity index (χ3v) is 2.69. The van der Waals surface area contributed by atoms with Gasteiger partial charge in [0.25, 0.3) is 5.91 Å². The van der Waals surface area contributed by atoms with Crippen molar-refractivity contribution in [3.05, 3.63) is 29.8 Å². The normalized spacial score (nSPS) is 10.4.